The number of carbonyl (C=O) groups is 1. The fourth-order valence-electron chi connectivity index (χ4n) is 3.74. The summed E-state index contributed by atoms with van der Waals surface area (Å²) in [6.45, 7) is 8.94. The van der Waals surface area contributed by atoms with Gasteiger partial charge in [0.2, 0.25) is 0 Å². The molecule has 2 rings (SSSR count). The number of ether oxygens (including phenoxy) is 1. The molecule has 2 aliphatic rings. The number of fused-ring (bicyclic) bond motifs is 1. The predicted molar refractivity (Wildman–Crippen MR) is 63.9 cm³/mol. The Hall–Kier alpha value is -0.530. The molecule has 2 heteroatoms. The molecule has 0 amide bonds. The highest BCUT2D eigenvalue weighted by Crippen LogP contribution is 2.48. The van der Waals surface area contributed by atoms with Gasteiger partial charge in [0.25, 0.3) is 0 Å². The molecule has 0 aromatic heterocycles. The zero-order valence-electron chi connectivity index (χ0n) is 11.0. The standard InChI is InChI=1S/C14H24O2/c1-9(2)7-14(4)6-5-11-10(3)13(15)16-12(11)8-14/h9-12H,5-8H2,1-4H3/t10-,11?,12-,14?/m1/s1. The van der Waals surface area contributed by atoms with Crippen LogP contribution in [-0.4, -0.2) is 12.1 Å². The minimum Gasteiger partial charge on any atom is -0.462 e. The van der Waals surface area contributed by atoms with Crippen molar-refractivity contribution in [3.63, 3.8) is 0 Å². The van der Waals surface area contributed by atoms with Gasteiger partial charge in [-0.1, -0.05) is 27.7 Å². The second-order valence-electron chi connectivity index (χ2n) is 6.58. The van der Waals surface area contributed by atoms with Crippen molar-refractivity contribution < 1.29 is 9.53 Å². The third kappa shape index (κ3) is 2.11. The highest BCUT2D eigenvalue weighted by Gasteiger charge is 2.48. The summed E-state index contributed by atoms with van der Waals surface area (Å²) in [5.74, 6) is 1.39. The van der Waals surface area contributed by atoms with E-state index in [0.29, 0.717) is 11.3 Å². The Morgan fingerprint density at radius 1 is 1.50 bits per heavy atom. The molecule has 0 N–H and O–H groups in total. The zero-order chi connectivity index (χ0) is 11.9. The third-order valence-corrected chi connectivity index (χ3v) is 4.44. The van der Waals surface area contributed by atoms with E-state index in [-0.39, 0.29) is 18.0 Å². The normalized spacial score (nSPS) is 43.3. The smallest absolute Gasteiger partial charge is 0.309 e. The van der Waals surface area contributed by atoms with Crippen LogP contribution in [0.3, 0.4) is 0 Å². The molecule has 0 radical (unpaired) electrons. The molecule has 1 heterocycles. The van der Waals surface area contributed by atoms with E-state index in [1.54, 1.807) is 0 Å². The zero-order valence-corrected chi connectivity index (χ0v) is 11.0. The van der Waals surface area contributed by atoms with Gasteiger partial charge in [-0.05, 0) is 37.0 Å². The summed E-state index contributed by atoms with van der Waals surface area (Å²) >= 11 is 0. The Bertz CT molecular complexity index is 284. The van der Waals surface area contributed by atoms with Gasteiger partial charge in [0.15, 0.2) is 0 Å². The first-order valence-corrected chi connectivity index (χ1v) is 6.62. The highest BCUT2D eigenvalue weighted by molar-refractivity contribution is 5.74. The number of carbonyl (C=O) groups excluding carboxylic acids is 1. The Kier molecular flexibility index (Phi) is 3.02. The van der Waals surface area contributed by atoms with Crippen LogP contribution in [0, 0.1) is 23.2 Å². The first-order chi connectivity index (χ1) is 7.41. The summed E-state index contributed by atoms with van der Waals surface area (Å²) in [4.78, 5) is 11.6. The predicted octanol–water partition coefficient (Wildman–Crippen LogP) is 3.40. The molecule has 1 saturated carbocycles. The number of esters is 1. The molecule has 16 heavy (non-hydrogen) atoms. The van der Waals surface area contributed by atoms with Crippen LogP contribution in [0.15, 0.2) is 0 Å². The topological polar surface area (TPSA) is 26.3 Å². The van der Waals surface area contributed by atoms with Crippen molar-refractivity contribution in [2.75, 3.05) is 0 Å². The van der Waals surface area contributed by atoms with Crippen LogP contribution in [0.4, 0.5) is 0 Å². The van der Waals surface area contributed by atoms with Gasteiger partial charge in [0.1, 0.15) is 6.10 Å². The fraction of sp³-hybridized carbons (Fsp3) is 0.929. The molecular formula is C14H24O2. The van der Waals surface area contributed by atoms with E-state index in [0.717, 1.165) is 12.3 Å². The molecule has 2 nitrogen and oxygen atoms in total. The van der Waals surface area contributed by atoms with Crippen LogP contribution < -0.4 is 0 Å². The van der Waals surface area contributed by atoms with Crippen LogP contribution in [0.2, 0.25) is 0 Å². The maximum atomic E-state index is 11.6. The minimum atomic E-state index is 0.0313. The maximum Gasteiger partial charge on any atom is 0.309 e. The van der Waals surface area contributed by atoms with Gasteiger partial charge in [0, 0.05) is 5.92 Å². The molecule has 0 aromatic carbocycles. The number of hydrogen-bond donors (Lipinski definition) is 0. The van der Waals surface area contributed by atoms with Crippen molar-refractivity contribution in [1.29, 1.82) is 0 Å². The van der Waals surface area contributed by atoms with E-state index in [1.807, 2.05) is 6.92 Å². The van der Waals surface area contributed by atoms with Gasteiger partial charge in [-0.25, -0.2) is 0 Å². The van der Waals surface area contributed by atoms with E-state index < -0.39 is 0 Å². The molecule has 92 valence electrons. The Balaban J connectivity index is 2.04. The van der Waals surface area contributed by atoms with E-state index in [9.17, 15) is 4.79 Å². The summed E-state index contributed by atoms with van der Waals surface area (Å²) in [6, 6.07) is 0. The largest absolute Gasteiger partial charge is 0.462 e. The summed E-state index contributed by atoms with van der Waals surface area (Å²) < 4.78 is 5.52. The highest BCUT2D eigenvalue weighted by atomic mass is 16.6. The lowest BCUT2D eigenvalue weighted by Crippen LogP contribution is -2.35. The van der Waals surface area contributed by atoms with Gasteiger partial charge >= 0.3 is 5.97 Å². The molecule has 1 aliphatic carbocycles. The molecular weight excluding hydrogens is 200 g/mol. The van der Waals surface area contributed by atoms with Crippen molar-refractivity contribution in [1.82, 2.24) is 0 Å². The van der Waals surface area contributed by atoms with Crippen LogP contribution in [-0.2, 0) is 9.53 Å². The average Bonchev–Trinajstić information content (AvgIpc) is 2.39. The molecule has 0 aromatic rings. The van der Waals surface area contributed by atoms with Crippen molar-refractivity contribution in [2.24, 2.45) is 23.2 Å². The van der Waals surface area contributed by atoms with Crippen molar-refractivity contribution in [3.8, 4) is 0 Å². The molecule has 0 bridgehead atoms. The van der Waals surface area contributed by atoms with E-state index in [1.165, 1.54) is 19.3 Å². The lowest BCUT2D eigenvalue weighted by molar-refractivity contribution is -0.145. The van der Waals surface area contributed by atoms with E-state index in [2.05, 4.69) is 20.8 Å². The lowest BCUT2D eigenvalue weighted by atomic mass is 9.65. The third-order valence-electron chi connectivity index (χ3n) is 4.44. The van der Waals surface area contributed by atoms with Crippen LogP contribution >= 0.6 is 0 Å². The summed E-state index contributed by atoms with van der Waals surface area (Å²) in [7, 11) is 0. The van der Waals surface area contributed by atoms with Gasteiger partial charge in [0.05, 0.1) is 5.92 Å². The first kappa shape index (κ1) is 11.9. The number of hydrogen-bond acceptors (Lipinski definition) is 2. The van der Waals surface area contributed by atoms with Crippen LogP contribution in [0.5, 0.6) is 0 Å². The average molecular weight is 224 g/mol. The summed E-state index contributed by atoms with van der Waals surface area (Å²) in [5, 5.41) is 0. The number of rotatable bonds is 2. The Morgan fingerprint density at radius 3 is 2.81 bits per heavy atom. The second kappa shape index (κ2) is 4.05. The van der Waals surface area contributed by atoms with Crippen LogP contribution in [0.25, 0.3) is 0 Å². The van der Waals surface area contributed by atoms with Crippen molar-refractivity contribution >= 4 is 5.97 Å². The molecule has 0 spiro atoms. The maximum absolute atomic E-state index is 11.6. The molecule has 2 fully saturated rings. The second-order valence-corrected chi connectivity index (χ2v) is 6.58. The van der Waals surface area contributed by atoms with Gasteiger partial charge in [-0.3, -0.25) is 4.79 Å². The van der Waals surface area contributed by atoms with Crippen molar-refractivity contribution in [3.05, 3.63) is 0 Å². The lowest BCUT2D eigenvalue weighted by Gasteiger charge is -2.40. The van der Waals surface area contributed by atoms with E-state index in [4.69, 9.17) is 4.74 Å². The summed E-state index contributed by atoms with van der Waals surface area (Å²) in [6.07, 6.45) is 4.96. The minimum absolute atomic E-state index is 0.0313. The monoisotopic (exact) mass is 224 g/mol. The SMILES string of the molecule is CC(C)CC1(C)CCC2[C@@H](C1)OC(=O)[C@@H]2C. The van der Waals surface area contributed by atoms with Crippen LogP contribution in [0.1, 0.15) is 53.4 Å². The van der Waals surface area contributed by atoms with Crippen molar-refractivity contribution in [2.45, 2.75) is 59.5 Å². The Labute approximate surface area is 98.7 Å². The Morgan fingerprint density at radius 2 is 2.19 bits per heavy atom. The van der Waals surface area contributed by atoms with E-state index >= 15 is 0 Å². The molecule has 1 saturated heterocycles. The molecule has 1 aliphatic heterocycles. The van der Waals surface area contributed by atoms with Gasteiger partial charge < -0.3 is 4.74 Å². The summed E-state index contributed by atoms with van der Waals surface area (Å²) in [5.41, 5.74) is 0.389. The van der Waals surface area contributed by atoms with Gasteiger partial charge in [-0.15, -0.1) is 0 Å². The molecule has 2 unspecified atom stereocenters. The quantitative estimate of drug-likeness (QED) is 0.672. The fourth-order valence-corrected chi connectivity index (χ4v) is 3.74. The van der Waals surface area contributed by atoms with Gasteiger partial charge in [-0.2, -0.15) is 0 Å². The molecule has 4 atom stereocenters. The first-order valence-electron chi connectivity index (χ1n) is 6.62.